The molecule has 0 saturated carbocycles. The Morgan fingerprint density at radius 3 is 2.48 bits per heavy atom. The summed E-state index contributed by atoms with van der Waals surface area (Å²) in [4.78, 5) is 24.0. The summed E-state index contributed by atoms with van der Waals surface area (Å²) in [5, 5.41) is 3.34. The molecule has 0 aliphatic carbocycles. The molecule has 29 heavy (non-hydrogen) atoms. The highest BCUT2D eigenvalue weighted by molar-refractivity contribution is 5.93. The minimum Gasteiger partial charge on any atom is -0.464 e. The van der Waals surface area contributed by atoms with E-state index < -0.39 is 25.1 Å². The molecule has 1 amide bonds. The number of fused-ring (bicyclic) bond motifs is 1. The number of ether oxygens (including phenoxy) is 2. The molecule has 3 rings (SSSR count). The number of rotatable bonds is 7. The number of halogens is 2. The highest BCUT2D eigenvalue weighted by atomic mass is 19.3. The van der Waals surface area contributed by atoms with Gasteiger partial charge in [0.05, 0.1) is 12.7 Å². The summed E-state index contributed by atoms with van der Waals surface area (Å²) in [5.74, 6) is -1.15. The van der Waals surface area contributed by atoms with Crippen LogP contribution in [0.2, 0.25) is 0 Å². The van der Waals surface area contributed by atoms with Crippen molar-refractivity contribution in [3.8, 4) is 5.75 Å². The summed E-state index contributed by atoms with van der Waals surface area (Å²) < 4.78 is 39.0. The summed E-state index contributed by atoms with van der Waals surface area (Å²) in [6.07, 6.45) is 1.48. The van der Waals surface area contributed by atoms with Crippen LogP contribution in [-0.4, -0.2) is 25.1 Å². The molecule has 0 fully saturated rings. The third-order valence-corrected chi connectivity index (χ3v) is 4.33. The van der Waals surface area contributed by atoms with Crippen LogP contribution in [0, 0.1) is 13.8 Å². The first-order valence-corrected chi connectivity index (χ1v) is 8.79. The molecule has 0 bridgehead atoms. The minimum atomic E-state index is -2.92. The van der Waals surface area contributed by atoms with Gasteiger partial charge >= 0.3 is 12.6 Å². The standard InChI is InChI=1S/C21H19F2NO5/c1-12-7-17-14(10-27-18(17)8-13(12)2)9-20(26)28-11-19(25)24-15-3-5-16(6-4-15)29-21(22)23/h3-8,10,21H,9,11H2,1-2H3,(H,24,25). The molecule has 0 saturated heterocycles. The quantitative estimate of drug-likeness (QED) is 0.593. The third kappa shape index (κ3) is 5.31. The number of carbonyl (C=O) groups excluding carboxylic acids is 2. The van der Waals surface area contributed by atoms with E-state index in [0.717, 1.165) is 16.5 Å². The van der Waals surface area contributed by atoms with Crippen LogP contribution >= 0.6 is 0 Å². The van der Waals surface area contributed by atoms with Gasteiger partial charge in [-0.05, 0) is 61.4 Å². The Labute approximate surface area is 165 Å². The summed E-state index contributed by atoms with van der Waals surface area (Å²) >= 11 is 0. The Bertz CT molecular complexity index is 1030. The molecule has 0 atom stereocenters. The van der Waals surface area contributed by atoms with Crippen molar-refractivity contribution in [1.29, 1.82) is 0 Å². The molecule has 1 N–H and O–H groups in total. The molecule has 2 aromatic carbocycles. The van der Waals surface area contributed by atoms with Gasteiger partial charge in [-0.2, -0.15) is 8.78 Å². The smallest absolute Gasteiger partial charge is 0.387 e. The zero-order valence-electron chi connectivity index (χ0n) is 15.8. The van der Waals surface area contributed by atoms with E-state index >= 15 is 0 Å². The highest BCUT2D eigenvalue weighted by Crippen LogP contribution is 2.25. The number of nitrogens with one attached hydrogen (secondary N) is 1. The van der Waals surface area contributed by atoms with Gasteiger partial charge in [-0.1, -0.05) is 0 Å². The van der Waals surface area contributed by atoms with Crippen LogP contribution < -0.4 is 10.1 Å². The molecular weight excluding hydrogens is 384 g/mol. The summed E-state index contributed by atoms with van der Waals surface area (Å²) in [6.45, 7) is 0.557. The number of benzene rings is 2. The Kier molecular flexibility index (Phi) is 6.11. The number of anilines is 1. The lowest BCUT2D eigenvalue weighted by Crippen LogP contribution is -2.21. The van der Waals surface area contributed by atoms with E-state index in [2.05, 4.69) is 10.1 Å². The average Bonchev–Trinajstić information content (AvgIpc) is 3.03. The van der Waals surface area contributed by atoms with Crippen molar-refractivity contribution in [2.75, 3.05) is 11.9 Å². The summed E-state index contributed by atoms with van der Waals surface area (Å²) in [6, 6.07) is 9.25. The van der Waals surface area contributed by atoms with Gasteiger partial charge in [0.1, 0.15) is 11.3 Å². The Hall–Kier alpha value is -3.42. The molecule has 1 aromatic heterocycles. The van der Waals surface area contributed by atoms with Gasteiger partial charge in [0.15, 0.2) is 6.61 Å². The van der Waals surface area contributed by atoms with E-state index in [-0.39, 0.29) is 12.2 Å². The number of furan rings is 1. The monoisotopic (exact) mass is 403 g/mol. The lowest BCUT2D eigenvalue weighted by molar-refractivity contribution is -0.146. The van der Waals surface area contributed by atoms with Crippen LogP contribution in [0.15, 0.2) is 47.1 Å². The number of hydrogen-bond acceptors (Lipinski definition) is 5. The van der Waals surface area contributed by atoms with E-state index in [4.69, 9.17) is 9.15 Å². The fourth-order valence-corrected chi connectivity index (χ4v) is 2.74. The van der Waals surface area contributed by atoms with Crippen molar-refractivity contribution in [2.45, 2.75) is 26.9 Å². The second-order valence-corrected chi connectivity index (χ2v) is 6.48. The molecule has 0 aliphatic rings. The maximum Gasteiger partial charge on any atom is 0.387 e. The summed E-state index contributed by atoms with van der Waals surface area (Å²) in [5.41, 5.74) is 3.90. The fraction of sp³-hybridized carbons (Fsp3) is 0.238. The number of hydrogen-bond donors (Lipinski definition) is 1. The largest absolute Gasteiger partial charge is 0.464 e. The normalized spacial score (nSPS) is 10.9. The number of esters is 1. The van der Waals surface area contributed by atoms with Crippen LogP contribution in [0.1, 0.15) is 16.7 Å². The van der Waals surface area contributed by atoms with Gasteiger partial charge in [0, 0.05) is 16.6 Å². The van der Waals surface area contributed by atoms with Gasteiger partial charge in [0.2, 0.25) is 0 Å². The van der Waals surface area contributed by atoms with E-state index in [0.29, 0.717) is 16.8 Å². The Morgan fingerprint density at radius 2 is 1.79 bits per heavy atom. The Morgan fingerprint density at radius 1 is 1.10 bits per heavy atom. The van der Waals surface area contributed by atoms with E-state index in [1.165, 1.54) is 30.5 Å². The second-order valence-electron chi connectivity index (χ2n) is 6.48. The van der Waals surface area contributed by atoms with Gasteiger partial charge in [0.25, 0.3) is 5.91 Å². The van der Waals surface area contributed by atoms with E-state index in [1.54, 1.807) is 0 Å². The van der Waals surface area contributed by atoms with Crippen LogP contribution in [-0.2, 0) is 20.7 Å². The van der Waals surface area contributed by atoms with Crippen LogP contribution in [0.4, 0.5) is 14.5 Å². The highest BCUT2D eigenvalue weighted by Gasteiger charge is 2.14. The van der Waals surface area contributed by atoms with E-state index in [9.17, 15) is 18.4 Å². The predicted octanol–water partition coefficient (Wildman–Crippen LogP) is 4.38. The lowest BCUT2D eigenvalue weighted by Gasteiger charge is -2.08. The molecule has 8 heteroatoms. The fourth-order valence-electron chi connectivity index (χ4n) is 2.74. The predicted molar refractivity (Wildman–Crippen MR) is 102 cm³/mol. The molecule has 3 aromatic rings. The number of carbonyl (C=O) groups is 2. The molecular formula is C21H19F2NO5. The first kappa shape index (κ1) is 20.3. The van der Waals surface area contributed by atoms with Crippen molar-refractivity contribution in [3.63, 3.8) is 0 Å². The zero-order chi connectivity index (χ0) is 21.0. The minimum absolute atomic E-state index is 0.0254. The van der Waals surface area contributed by atoms with E-state index in [1.807, 2.05) is 26.0 Å². The maximum atomic E-state index is 12.1. The van der Waals surface area contributed by atoms with Gasteiger partial charge in [-0.15, -0.1) is 0 Å². The topological polar surface area (TPSA) is 77.8 Å². The van der Waals surface area contributed by atoms with Crippen molar-refractivity contribution in [3.05, 3.63) is 59.4 Å². The third-order valence-electron chi connectivity index (χ3n) is 4.33. The second kappa shape index (κ2) is 8.72. The Balaban J connectivity index is 1.51. The van der Waals surface area contributed by atoms with Gasteiger partial charge in [-0.3, -0.25) is 9.59 Å². The molecule has 0 aliphatic heterocycles. The molecule has 0 spiro atoms. The molecule has 0 unspecified atom stereocenters. The van der Waals surface area contributed by atoms with Crippen LogP contribution in [0.25, 0.3) is 11.0 Å². The number of alkyl halides is 2. The molecule has 152 valence electrons. The number of amides is 1. The van der Waals surface area contributed by atoms with Crippen LogP contribution in [0.3, 0.4) is 0 Å². The zero-order valence-corrected chi connectivity index (χ0v) is 15.8. The maximum absolute atomic E-state index is 12.1. The lowest BCUT2D eigenvalue weighted by atomic mass is 10.0. The van der Waals surface area contributed by atoms with Gasteiger partial charge in [-0.25, -0.2) is 0 Å². The number of aryl methyl sites for hydroxylation is 2. The van der Waals surface area contributed by atoms with Crippen LogP contribution in [0.5, 0.6) is 5.75 Å². The van der Waals surface area contributed by atoms with Crippen molar-refractivity contribution >= 4 is 28.5 Å². The average molecular weight is 403 g/mol. The molecule has 0 radical (unpaired) electrons. The first-order chi connectivity index (χ1) is 13.8. The van der Waals surface area contributed by atoms with Crippen molar-refractivity contribution in [2.24, 2.45) is 0 Å². The SMILES string of the molecule is Cc1cc2occ(CC(=O)OCC(=O)Nc3ccc(OC(F)F)cc3)c2cc1C. The molecule has 6 nitrogen and oxygen atoms in total. The summed E-state index contributed by atoms with van der Waals surface area (Å²) in [7, 11) is 0. The van der Waals surface area contributed by atoms with Gasteiger partial charge < -0.3 is 19.2 Å². The van der Waals surface area contributed by atoms with Crippen molar-refractivity contribution < 1.29 is 32.3 Å². The van der Waals surface area contributed by atoms with Crippen molar-refractivity contribution in [1.82, 2.24) is 0 Å². The molecule has 1 heterocycles. The first-order valence-electron chi connectivity index (χ1n) is 8.79.